The van der Waals surface area contributed by atoms with E-state index in [1.54, 1.807) is 0 Å². The van der Waals surface area contributed by atoms with Crippen molar-refractivity contribution in [3.05, 3.63) is 58.6 Å². The van der Waals surface area contributed by atoms with Crippen LogP contribution < -0.4 is 5.32 Å². The van der Waals surface area contributed by atoms with Crippen LogP contribution in [-0.2, 0) is 0 Å². The smallest absolute Gasteiger partial charge is 0.0992 e. The molecule has 0 unspecified atom stereocenters. The average molecular weight is 333 g/mol. The standard InChI is InChI=1S/C15H13BrN2S/c16-13-8-12(11-17)9-14(10-13)18-6-7-19-15-4-2-1-3-5-15/h1-5,8-10,18H,6-7H2. The fourth-order valence-electron chi connectivity index (χ4n) is 1.64. The molecule has 4 heteroatoms. The van der Waals surface area contributed by atoms with Crippen molar-refractivity contribution in [2.45, 2.75) is 4.90 Å². The lowest BCUT2D eigenvalue weighted by atomic mass is 10.2. The molecule has 96 valence electrons. The molecular formula is C15H13BrN2S. The summed E-state index contributed by atoms with van der Waals surface area (Å²) in [5.41, 5.74) is 1.63. The van der Waals surface area contributed by atoms with Crippen LogP contribution in [0.5, 0.6) is 0 Å². The molecule has 2 nitrogen and oxygen atoms in total. The van der Waals surface area contributed by atoms with E-state index in [4.69, 9.17) is 5.26 Å². The Balaban J connectivity index is 1.83. The molecule has 0 radical (unpaired) electrons. The molecule has 0 aliphatic carbocycles. The molecule has 2 rings (SSSR count). The van der Waals surface area contributed by atoms with E-state index in [2.05, 4.69) is 39.4 Å². The van der Waals surface area contributed by atoms with Crippen molar-refractivity contribution in [1.82, 2.24) is 0 Å². The van der Waals surface area contributed by atoms with Crippen LogP contribution in [0.2, 0.25) is 0 Å². The molecule has 0 aromatic heterocycles. The molecule has 0 heterocycles. The summed E-state index contributed by atoms with van der Waals surface area (Å²) in [4.78, 5) is 1.27. The third kappa shape index (κ3) is 4.62. The van der Waals surface area contributed by atoms with Crippen molar-refractivity contribution in [2.24, 2.45) is 0 Å². The Hall–Kier alpha value is -1.44. The number of nitrogens with zero attached hydrogens (tertiary/aromatic N) is 1. The highest BCUT2D eigenvalue weighted by atomic mass is 79.9. The number of anilines is 1. The van der Waals surface area contributed by atoms with Gasteiger partial charge in [-0.05, 0) is 30.3 Å². The summed E-state index contributed by atoms with van der Waals surface area (Å²) >= 11 is 5.22. The molecular weight excluding hydrogens is 320 g/mol. The van der Waals surface area contributed by atoms with Crippen molar-refractivity contribution < 1.29 is 0 Å². The van der Waals surface area contributed by atoms with Gasteiger partial charge >= 0.3 is 0 Å². The quantitative estimate of drug-likeness (QED) is 0.645. The highest BCUT2D eigenvalue weighted by Gasteiger charge is 1.99. The number of thioether (sulfide) groups is 1. The van der Waals surface area contributed by atoms with Gasteiger partial charge in [0.2, 0.25) is 0 Å². The molecule has 2 aromatic carbocycles. The first-order chi connectivity index (χ1) is 9.28. The third-order valence-corrected chi connectivity index (χ3v) is 3.94. The van der Waals surface area contributed by atoms with Crippen molar-refractivity contribution in [1.29, 1.82) is 5.26 Å². The third-order valence-electron chi connectivity index (χ3n) is 2.47. The van der Waals surface area contributed by atoms with Crippen LogP contribution in [0.4, 0.5) is 5.69 Å². The Bertz CT molecular complexity index is 578. The molecule has 0 atom stereocenters. The van der Waals surface area contributed by atoms with Gasteiger partial charge in [0.05, 0.1) is 11.6 Å². The van der Waals surface area contributed by atoms with E-state index in [1.165, 1.54) is 4.90 Å². The second kappa shape index (κ2) is 7.22. The van der Waals surface area contributed by atoms with E-state index in [1.807, 2.05) is 48.2 Å². The van der Waals surface area contributed by atoms with Gasteiger partial charge < -0.3 is 5.32 Å². The lowest BCUT2D eigenvalue weighted by molar-refractivity contribution is 1.22. The lowest BCUT2D eigenvalue weighted by Crippen LogP contribution is -2.04. The van der Waals surface area contributed by atoms with Gasteiger partial charge in [0.1, 0.15) is 0 Å². The fraction of sp³-hybridized carbons (Fsp3) is 0.133. The fourth-order valence-corrected chi connectivity index (χ4v) is 2.92. The maximum absolute atomic E-state index is 8.90. The zero-order valence-electron chi connectivity index (χ0n) is 10.3. The van der Waals surface area contributed by atoms with Crippen LogP contribution in [0, 0.1) is 11.3 Å². The Morgan fingerprint density at radius 1 is 1.16 bits per heavy atom. The molecule has 0 saturated carbocycles. The van der Waals surface area contributed by atoms with Gasteiger partial charge in [-0.1, -0.05) is 34.1 Å². The Morgan fingerprint density at radius 2 is 1.95 bits per heavy atom. The van der Waals surface area contributed by atoms with Gasteiger partial charge in [-0.2, -0.15) is 5.26 Å². The van der Waals surface area contributed by atoms with Crippen molar-refractivity contribution in [3.63, 3.8) is 0 Å². The molecule has 1 N–H and O–H groups in total. The molecule has 0 amide bonds. The number of benzene rings is 2. The number of halogens is 1. The normalized spacial score (nSPS) is 9.89. The van der Waals surface area contributed by atoms with Gasteiger partial charge in [-0.15, -0.1) is 11.8 Å². The summed E-state index contributed by atoms with van der Waals surface area (Å²) < 4.78 is 0.921. The van der Waals surface area contributed by atoms with Gasteiger partial charge in [0, 0.05) is 27.4 Å². The van der Waals surface area contributed by atoms with E-state index in [0.717, 1.165) is 22.5 Å². The van der Waals surface area contributed by atoms with Gasteiger partial charge in [0.25, 0.3) is 0 Å². The highest BCUT2D eigenvalue weighted by Crippen LogP contribution is 2.20. The van der Waals surface area contributed by atoms with E-state index in [0.29, 0.717) is 5.56 Å². The minimum Gasteiger partial charge on any atom is -0.384 e. The summed E-state index contributed by atoms with van der Waals surface area (Å²) in [5, 5.41) is 12.2. The lowest BCUT2D eigenvalue weighted by Gasteiger charge is -2.07. The maximum Gasteiger partial charge on any atom is 0.0992 e. The molecule has 0 bridgehead atoms. The minimum atomic E-state index is 0.660. The molecule has 0 saturated heterocycles. The molecule has 2 aromatic rings. The number of hydrogen-bond acceptors (Lipinski definition) is 3. The minimum absolute atomic E-state index is 0.660. The highest BCUT2D eigenvalue weighted by molar-refractivity contribution is 9.10. The summed E-state index contributed by atoms with van der Waals surface area (Å²) in [6.07, 6.45) is 0. The van der Waals surface area contributed by atoms with Crippen LogP contribution in [0.15, 0.2) is 57.9 Å². The van der Waals surface area contributed by atoms with Crippen molar-refractivity contribution >= 4 is 33.4 Å². The first-order valence-corrected chi connectivity index (χ1v) is 7.68. The summed E-state index contributed by atoms with van der Waals surface area (Å²) in [6.45, 7) is 0.862. The van der Waals surface area contributed by atoms with Gasteiger partial charge in [-0.3, -0.25) is 0 Å². The molecule has 0 aliphatic heterocycles. The van der Waals surface area contributed by atoms with Crippen LogP contribution in [0.3, 0.4) is 0 Å². The van der Waals surface area contributed by atoms with E-state index in [9.17, 15) is 0 Å². The van der Waals surface area contributed by atoms with Crippen LogP contribution >= 0.6 is 27.7 Å². The largest absolute Gasteiger partial charge is 0.384 e. The zero-order valence-corrected chi connectivity index (χ0v) is 12.7. The Morgan fingerprint density at radius 3 is 2.68 bits per heavy atom. The predicted molar refractivity (Wildman–Crippen MR) is 84.5 cm³/mol. The first-order valence-electron chi connectivity index (χ1n) is 5.90. The van der Waals surface area contributed by atoms with E-state index in [-0.39, 0.29) is 0 Å². The second-order valence-corrected chi connectivity index (χ2v) is 6.01. The first kappa shape index (κ1) is 14.0. The predicted octanol–water partition coefficient (Wildman–Crippen LogP) is 4.52. The SMILES string of the molecule is N#Cc1cc(Br)cc(NCCSc2ccccc2)c1. The van der Waals surface area contributed by atoms with E-state index >= 15 is 0 Å². The Labute approximate surface area is 126 Å². The van der Waals surface area contributed by atoms with Gasteiger partial charge in [-0.25, -0.2) is 0 Å². The van der Waals surface area contributed by atoms with Crippen LogP contribution in [-0.4, -0.2) is 12.3 Å². The summed E-state index contributed by atoms with van der Waals surface area (Å²) in [6, 6.07) is 18.1. The second-order valence-electron chi connectivity index (χ2n) is 3.93. The van der Waals surface area contributed by atoms with Crippen LogP contribution in [0.25, 0.3) is 0 Å². The van der Waals surface area contributed by atoms with Crippen molar-refractivity contribution in [3.8, 4) is 6.07 Å². The number of nitriles is 1. The molecule has 0 spiro atoms. The van der Waals surface area contributed by atoms with Crippen molar-refractivity contribution in [2.75, 3.05) is 17.6 Å². The summed E-state index contributed by atoms with van der Waals surface area (Å²) in [5.74, 6) is 0.985. The summed E-state index contributed by atoms with van der Waals surface area (Å²) in [7, 11) is 0. The zero-order chi connectivity index (χ0) is 13.5. The van der Waals surface area contributed by atoms with E-state index < -0.39 is 0 Å². The number of nitrogens with one attached hydrogen (secondary N) is 1. The Kier molecular flexibility index (Phi) is 5.31. The monoisotopic (exact) mass is 332 g/mol. The van der Waals surface area contributed by atoms with Gasteiger partial charge in [0.15, 0.2) is 0 Å². The topological polar surface area (TPSA) is 35.8 Å². The molecule has 0 aliphatic rings. The number of hydrogen-bond donors (Lipinski definition) is 1. The average Bonchev–Trinajstić information content (AvgIpc) is 2.44. The molecule has 19 heavy (non-hydrogen) atoms. The molecule has 0 fully saturated rings. The number of rotatable bonds is 5. The van der Waals surface area contributed by atoms with Crippen LogP contribution in [0.1, 0.15) is 5.56 Å². The maximum atomic E-state index is 8.90.